The van der Waals surface area contributed by atoms with Crippen molar-refractivity contribution in [2.24, 2.45) is 11.3 Å². The average Bonchev–Trinajstić information content (AvgIpc) is 3.97. The first-order chi connectivity index (χ1) is 27.0. The Morgan fingerprint density at radius 3 is 2.07 bits per heavy atom. The zero-order chi connectivity index (χ0) is 41.1. The molecular weight excluding hydrogens is 767 g/mol. The summed E-state index contributed by atoms with van der Waals surface area (Å²) in [7, 11) is 2.09. The molecule has 6 aliphatic rings. The molecule has 3 amide bonds. The summed E-state index contributed by atoms with van der Waals surface area (Å²) in [6.07, 6.45) is 2.50. The van der Waals surface area contributed by atoms with Gasteiger partial charge in [0.05, 0.1) is 12.0 Å². The van der Waals surface area contributed by atoms with Gasteiger partial charge in [0.1, 0.15) is 12.1 Å². The van der Waals surface area contributed by atoms with Crippen molar-refractivity contribution in [3.05, 3.63) is 34.9 Å². The number of hydrogen-bond donors (Lipinski definition) is 1. The average molecular weight is 826 g/mol. The number of carbonyl (C=O) groups excluding carboxylic acids is 3. The molecule has 1 aromatic carbocycles. The minimum absolute atomic E-state index is 0.00810. The number of likely N-dealkylation sites (tertiary alicyclic amines) is 2. The molecular formula is C41H59ClF3N5O7. The van der Waals surface area contributed by atoms with Crippen molar-refractivity contribution in [3.63, 3.8) is 0 Å². The van der Waals surface area contributed by atoms with E-state index >= 15 is 4.79 Å². The van der Waals surface area contributed by atoms with Gasteiger partial charge in [-0.25, -0.2) is 4.79 Å². The summed E-state index contributed by atoms with van der Waals surface area (Å²) in [6.45, 7) is 11.5. The molecule has 1 N–H and O–H groups in total. The van der Waals surface area contributed by atoms with Crippen LogP contribution in [0.2, 0.25) is 5.02 Å². The molecule has 5 heterocycles. The Bertz CT molecular complexity index is 1550. The maximum absolute atomic E-state index is 15.2. The lowest BCUT2D eigenvalue weighted by molar-refractivity contribution is -0.192. The molecule has 1 aromatic rings. The molecule has 5 aliphatic heterocycles. The van der Waals surface area contributed by atoms with Crippen molar-refractivity contribution >= 4 is 35.3 Å². The van der Waals surface area contributed by atoms with E-state index in [4.69, 9.17) is 31.0 Å². The molecule has 0 bridgehead atoms. The smallest absolute Gasteiger partial charge is 0.475 e. The highest BCUT2D eigenvalue weighted by atomic mass is 35.5. The highest BCUT2D eigenvalue weighted by Gasteiger charge is 2.51. The second-order valence-corrected chi connectivity index (χ2v) is 18.0. The largest absolute Gasteiger partial charge is 0.490 e. The maximum atomic E-state index is 15.2. The van der Waals surface area contributed by atoms with Crippen LogP contribution in [-0.4, -0.2) is 162 Å². The van der Waals surface area contributed by atoms with Crippen molar-refractivity contribution < 1.29 is 46.9 Å². The minimum Gasteiger partial charge on any atom is -0.475 e. The SMILES string of the molecule is CN1CCN(C(=O)[C@@H]2C[C@H](N(C(=O)[C@@H]3CCCO3)C3CCC(C)(C)CC3)CN2C(=O)[C@@H]2CN(C3CCOCC3)C[C@H]2c2ccc(Cl)cc2)CC1.O=C(O)C(F)(F)F. The molecule has 1 saturated carbocycles. The molecule has 0 unspecified atom stereocenters. The Balaban J connectivity index is 0.000000719. The van der Waals surface area contributed by atoms with Crippen LogP contribution in [0.25, 0.3) is 0 Å². The van der Waals surface area contributed by atoms with Crippen LogP contribution < -0.4 is 0 Å². The van der Waals surface area contributed by atoms with Crippen LogP contribution in [0.4, 0.5) is 13.2 Å². The van der Waals surface area contributed by atoms with Crippen molar-refractivity contribution in [1.29, 1.82) is 0 Å². The van der Waals surface area contributed by atoms with Gasteiger partial charge >= 0.3 is 12.1 Å². The lowest BCUT2D eigenvalue weighted by Gasteiger charge is -2.43. The van der Waals surface area contributed by atoms with Crippen LogP contribution in [0.5, 0.6) is 0 Å². The van der Waals surface area contributed by atoms with Crippen LogP contribution in [0.1, 0.15) is 83.1 Å². The molecule has 12 nitrogen and oxygen atoms in total. The standard InChI is InChI=1S/C39H58ClN5O5.C2HF3O2/c1-39(2)14-10-30(11-15-39)45(38(48)35-5-4-20-50-35)31-23-34(37(47)42-18-16-41(3)17-19-42)44(24-31)36(46)33-26-43(29-12-21-49-22-13-29)25-32(33)27-6-8-28(40)9-7-27;3-2(4,5)1(6)7/h6-9,29-35H,4-5,10-26H2,1-3H3;(H,6,7)/t31-,32-,33+,34-,35-;/m0./s1. The Morgan fingerprint density at radius 2 is 1.49 bits per heavy atom. The molecule has 1 aliphatic carbocycles. The topological polar surface area (TPSA) is 123 Å². The predicted octanol–water partition coefficient (Wildman–Crippen LogP) is 4.89. The first-order valence-corrected chi connectivity index (χ1v) is 21.0. The summed E-state index contributed by atoms with van der Waals surface area (Å²) in [5.41, 5.74) is 1.36. The van der Waals surface area contributed by atoms with E-state index in [0.29, 0.717) is 50.3 Å². The molecule has 6 fully saturated rings. The maximum Gasteiger partial charge on any atom is 0.490 e. The number of hydrogen-bond acceptors (Lipinski definition) is 8. The van der Waals surface area contributed by atoms with E-state index in [1.807, 2.05) is 21.9 Å². The van der Waals surface area contributed by atoms with Crippen LogP contribution in [0, 0.1) is 11.3 Å². The van der Waals surface area contributed by atoms with Crippen LogP contribution in [-0.2, 0) is 28.7 Å². The summed E-state index contributed by atoms with van der Waals surface area (Å²) in [5.74, 6) is -2.92. The van der Waals surface area contributed by atoms with Crippen LogP contribution >= 0.6 is 11.6 Å². The summed E-state index contributed by atoms with van der Waals surface area (Å²) in [6, 6.07) is 7.63. The first kappa shape index (κ1) is 43.6. The third-order valence-corrected chi connectivity index (χ3v) is 13.4. The Kier molecular flexibility index (Phi) is 14.2. The van der Waals surface area contributed by atoms with E-state index in [1.165, 1.54) is 0 Å². The van der Waals surface area contributed by atoms with Crippen molar-refractivity contribution in [3.8, 4) is 0 Å². The third kappa shape index (κ3) is 10.6. The molecule has 7 rings (SSSR count). The van der Waals surface area contributed by atoms with Crippen molar-refractivity contribution in [2.75, 3.05) is 72.7 Å². The normalized spacial score (nSPS) is 29.2. The number of nitrogens with zero attached hydrogens (tertiary/aromatic N) is 5. The Hall–Kier alpha value is -2.98. The number of aliphatic carboxylic acids is 1. The fraction of sp³-hybridized carbons (Fsp3) is 0.756. The van der Waals surface area contributed by atoms with Crippen LogP contribution in [0.15, 0.2) is 24.3 Å². The lowest BCUT2D eigenvalue weighted by Crippen LogP contribution is -2.54. The van der Waals surface area contributed by atoms with Gasteiger partial charge in [0.15, 0.2) is 0 Å². The van der Waals surface area contributed by atoms with Crippen LogP contribution in [0.3, 0.4) is 0 Å². The fourth-order valence-electron chi connectivity index (χ4n) is 9.68. The number of likely N-dealkylation sites (N-methyl/N-ethyl adjacent to an activating group) is 1. The number of piperazine rings is 1. The van der Waals surface area contributed by atoms with E-state index in [1.54, 1.807) is 0 Å². The fourth-order valence-corrected chi connectivity index (χ4v) is 9.81. The molecule has 5 saturated heterocycles. The van der Waals surface area contributed by atoms with Gasteiger partial charge in [-0.05, 0) is 87.9 Å². The van der Waals surface area contributed by atoms with Gasteiger partial charge in [-0.3, -0.25) is 19.3 Å². The van der Waals surface area contributed by atoms with Gasteiger partial charge in [0, 0.05) is 88.7 Å². The Morgan fingerprint density at radius 1 is 0.860 bits per heavy atom. The highest BCUT2D eigenvalue weighted by molar-refractivity contribution is 6.30. The molecule has 318 valence electrons. The van der Waals surface area contributed by atoms with Gasteiger partial charge < -0.3 is 34.2 Å². The summed E-state index contributed by atoms with van der Waals surface area (Å²) < 4.78 is 43.4. The number of carbonyl (C=O) groups is 4. The minimum atomic E-state index is -5.08. The second kappa shape index (κ2) is 18.5. The number of rotatable bonds is 7. The van der Waals surface area contributed by atoms with E-state index in [0.717, 1.165) is 89.8 Å². The molecule has 0 aromatic heterocycles. The number of carboxylic acids is 1. The predicted molar refractivity (Wildman–Crippen MR) is 207 cm³/mol. The number of benzene rings is 1. The Labute approximate surface area is 338 Å². The second-order valence-electron chi connectivity index (χ2n) is 17.5. The van der Waals surface area contributed by atoms with Gasteiger partial charge in [-0.2, -0.15) is 13.2 Å². The van der Waals surface area contributed by atoms with E-state index in [2.05, 4.69) is 47.7 Å². The van der Waals surface area contributed by atoms with Gasteiger partial charge in [0.25, 0.3) is 5.91 Å². The lowest BCUT2D eigenvalue weighted by atomic mass is 9.75. The quantitative estimate of drug-likeness (QED) is 0.410. The van der Waals surface area contributed by atoms with Gasteiger partial charge in [0.2, 0.25) is 11.8 Å². The number of halogens is 4. The molecule has 16 heteroatoms. The monoisotopic (exact) mass is 825 g/mol. The highest BCUT2D eigenvalue weighted by Crippen LogP contribution is 2.42. The van der Waals surface area contributed by atoms with Crippen molar-refractivity contribution in [1.82, 2.24) is 24.5 Å². The molecule has 5 atom stereocenters. The van der Waals surface area contributed by atoms with E-state index < -0.39 is 24.3 Å². The number of amides is 3. The van der Waals surface area contributed by atoms with E-state index in [-0.39, 0.29) is 47.1 Å². The summed E-state index contributed by atoms with van der Waals surface area (Å²) in [4.78, 5) is 63.7. The zero-order valence-corrected chi connectivity index (χ0v) is 34.2. The zero-order valence-electron chi connectivity index (χ0n) is 33.4. The summed E-state index contributed by atoms with van der Waals surface area (Å²) in [5, 5.41) is 7.80. The number of alkyl halides is 3. The number of ether oxygens (including phenoxy) is 2. The molecule has 0 spiro atoms. The van der Waals surface area contributed by atoms with Gasteiger partial charge in [-0.15, -0.1) is 0 Å². The van der Waals surface area contributed by atoms with Gasteiger partial charge in [-0.1, -0.05) is 37.6 Å². The summed E-state index contributed by atoms with van der Waals surface area (Å²) >= 11 is 6.32. The number of carboxylic acid groups (broad SMARTS) is 1. The van der Waals surface area contributed by atoms with E-state index in [9.17, 15) is 22.8 Å². The molecule has 57 heavy (non-hydrogen) atoms. The first-order valence-electron chi connectivity index (χ1n) is 20.6. The third-order valence-electron chi connectivity index (χ3n) is 13.1. The van der Waals surface area contributed by atoms with Crippen molar-refractivity contribution in [2.45, 2.75) is 114 Å². The molecule has 0 radical (unpaired) electrons.